The van der Waals surface area contributed by atoms with Gasteiger partial charge in [0.05, 0.1) is 34.1 Å². The first-order chi connectivity index (χ1) is 14.5. The van der Waals surface area contributed by atoms with E-state index in [9.17, 15) is 4.79 Å². The number of hydrogen-bond acceptors (Lipinski definition) is 7. The summed E-state index contributed by atoms with van der Waals surface area (Å²) in [5.41, 5.74) is 1.66. The first kappa shape index (κ1) is 20.6. The zero-order chi connectivity index (χ0) is 21.4. The fraction of sp³-hybridized carbons (Fsp3) is 0.333. The first-order valence-corrected chi connectivity index (χ1v) is 10.7. The third-order valence-corrected chi connectivity index (χ3v) is 6.94. The molecule has 0 bridgehead atoms. The second kappa shape index (κ2) is 8.23. The largest absolute Gasteiger partial charge is 0.497 e. The molecule has 0 aliphatic carbocycles. The van der Waals surface area contributed by atoms with Crippen molar-refractivity contribution in [2.75, 3.05) is 39.1 Å². The van der Waals surface area contributed by atoms with Gasteiger partial charge in [0.1, 0.15) is 17.2 Å². The number of thioether (sulfide) groups is 1. The van der Waals surface area contributed by atoms with E-state index in [0.717, 1.165) is 17.0 Å². The Kier molecular flexibility index (Phi) is 5.66. The van der Waals surface area contributed by atoms with Crippen LogP contribution in [0.4, 0.5) is 5.69 Å². The molecule has 0 saturated carbocycles. The minimum absolute atomic E-state index is 0.0207. The summed E-state index contributed by atoms with van der Waals surface area (Å²) in [5, 5.41) is 0.349. The van der Waals surface area contributed by atoms with Crippen LogP contribution in [-0.4, -0.2) is 56.2 Å². The van der Waals surface area contributed by atoms with Crippen LogP contribution in [0.15, 0.2) is 36.4 Å². The molecule has 2 aromatic rings. The minimum Gasteiger partial charge on any atom is -0.497 e. The van der Waals surface area contributed by atoms with Crippen LogP contribution in [0.1, 0.15) is 10.9 Å². The minimum atomic E-state index is -0.311. The van der Waals surface area contributed by atoms with Gasteiger partial charge in [-0.15, -0.1) is 11.8 Å². The van der Waals surface area contributed by atoms with Crippen LogP contribution in [-0.2, 0) is 4.79 Å². The summed E-state index contributed by atoms with van der Waals surface area (Å²) < 4.78 is 21.6. The van der Waals surface area contributed by atoms with Crippen LogP contribution in [0, 0.1) is 0 Å². The smallest absolute Gasteiger partial charge is 0.257 e. The van der Waals surface area contributed by atoms with Gasteiger partial charge in [-0.2, -0.15) is 0 Å². The van der Waals surface area contributed by atoms with Crippen LogP contribution in [0.25, 0.3) is 0 Å². The van der Waals surface area contributed by atoms with E-state index in [0.29, 0.717) is 28.1 Å². The summed E-state index contributed by atoms with van der Waals surface area (Å²) in [5.74, 6) is 3.02. The number of thiocarbonyl (C=S) groups is 1. The van der Waals surface area contributed by atoms with Gasteiger partial charge in [0.15, 0.2) is 16.6 Å². The lowest BCUT2D eigenvalue weighted by Gasteiger charge is -2.26. The third-order valence-electron chi connectivity index (χ3n) is 5.22. The molecule has 2 aliphatic heterocycles. The predicted octanol–water partition coefficient (Wildman–Crippen LogP) is 3.47. The molecule has 0 aromatic heterocycles. The second-order valence-corrected chi connectivity index (χ2v) is 8.20. The number of ether oxygens (including phenoxy) is 4. The average molecular weight is 447 g/mol. The molecule has 2 fully saturated rings. The molecule has 1 amide bonds. The highest BCUT2D eigenvalue weighted by Gasteiger charge is 2.51. The molecule has 2 atom stereocenters. The van der Waals surface area contributed by atoms with E-state index in [1.165, 1.54) is 0 Å². The van der Waals surface area contributed by atoms with Gasteiger partial charge < -0.3 is 23.8 Å². The predicted molar refractivity (Wildman–Crippen MR) is 120 cm³/mol. The fourth-order valence-corrected chi connectivity index (χ4v) is 5.66. The molecule has 2 aromatic carbocycles. The summed E-state index contributed by atoms with van der Waals surface area (Å²) in [7, 11) is 6.35. The quantitative estimate of drug-likeness (QED) is 0.626. The number of benzene rings is 2. The number of carbonyl (C=O) groups is 1. The molecule has 158 valence electrons. The lowest BCUT2D eigenvalue weighted by atomic mass is 10.1. The summed E-state index contributed by atoms with van der Waals surface area (Å²) >= 11 is 7.41. The van der Waals surface area contributed by atoms with Gasteiger partial charge in [0, 0.05) is 5.75 Å². The van der Waals surface area contributed by atoms with E-state index in [-0.39, 0.29) is 17.3 Å². The Morgan fingerprint density at radius 3 is 2.13 bits per heavy atom. The van der Waals surface area contributed by atoms with E-state index in [1.807, 2.05) is 41.3 Å². The average Bonchev–Trinajstić information content (AvgIpc) is 3.32. The van der Waals surface area contributed by atoms with Gasteiger partial charge in [-0.05, 0) is 54.2 Å². The molecular weight excluding hydrogens is 424 g/mol. The lowest BCUT2D eigenvalue weighted by molar-refractivity contribution is -0.119. The fourth-order valence-electron chi connectivity index (χ4n) is 3.76. The van der Waals surface area contributed by atoms with Gasteiger partial charge in [0.25, 0.3) is 5.91 Å². The Morgan fingerprint density at radius 2 is 1.60 bits per heavy atom. The first-order valence-electron chi connectivity index (χ1n) is 9.25. The highest BCUT2D eigenvalue weighted by atomic mass is 32.2. The van der Waals surface area contributed by atoms with Crippen molar-refractivity contribution >= 4 is 40.7 Å². The number of amides is 1. The summed E-state index contributed by atoms with van der Waals surface area (Å²) in [4.78, 5) is 16.8. The SMILES string of the molecule is COc1ccc(N2C(=O)C3CSC(c4cc(OC)c(OC)c(OC)c4)N3C2=S)cc1. The molecule has 0 spiro atoms. The zero-order valence-corrected chi connectivity index (χ0v) is 18.7. The van der Waals surface area contributed by atoms with Crippen LogP contribution < -0.4 is 23.8 Å². The maximum Gasteiger partial charge on any atom is 0.257 e. The van der Waals surface area contributed by atoms with Crippen LogP contribution in [0.3, 0.4) is 0 Å². The maximum absolute atomic E-state index is 13.2. The molecule has 0 radical (unpaired) electrons. The van der Waals surface area contributed by atoms with Crippen molar-refractivity contribution in [1.29, 1.82) is 0 Å². The Labute approximate surface area is 184 Å². The van der Waals surface area contributed by atoms with Gasteiger partial charge >= 0.3 is 0 Å². The molecule has 2 aliphatic rings. The normalized spacial score (nSPS) is 20.4. The van der Waals surface area contributed by atoms with Crippen molar-refractivity contribution in [3.05, 3.63) is 42.0 Å². The lowest BCUT2D eigenvalue weighted by Crippen LogP contribution is -2.33. The van der Waals surface area contributed by atoms with Crippen molar-refractivity contribution in [2.45, 2.75) is 11.4 Å². The van der Waals surface area contributed by atoms with Crippen molar-refractivity contribution in [3.8, 4) is 23.0 Å². The summed E-state index contributed by atoms with van der Waals surface area (Å²) in [6.07, 6.45) is 0. The molecule has 2 saturated heterocycles. The number of carbonyl (C=O) groups excluding carboxylic acids is 1. The topological polar surface area (TPSA) is 60.5 Å². The highest BCUT2D eigenvalue weighted by molar-refractivity contribution is 7.99. The van der Waals surface area contributed by atoms with E-state index in [4.69, 9.17) is 31.2 Å². The molecule has 0 N–H and O–H groups in total. The Balaban J connectivity index is 1.69. The number of nitrogens with zero attached hydrogens (tertiary/aromatic N) is 2. The van der Waals surface area contributed by atoms with Gasteiger partial charge in [-0.1, -0.05) is 0 Å². The molecule has 9 heteroatoms. The molecular formula is C21H22N2O5S2. The number of rotatable bonds is 6. The van der Waals surface area contributed by atoms with Crippen LogP contribution in [0.5, 0.6) is 23.0 Å². The van der Waals surface area contributed by atoms with E-state index in [2.05, 4.69) is 0 Å². The molecule has 4 rings (SSSR count). The Morgan fingerprint density at radius 1 is 0.967 bits per heavy atom. The Bertz CT molecular complexity index is 957. The highest BCUT2D eigenvalue weighted by Crippen LogP contribution is 2.49. The summed E-state index contributed by atoms with van der Waals surface area (Å²) in [6, 6.07) is 10.8. The van der Waals surface area contributed by atoms with Crippen LogP contribution in [0.2, 0.25) is 0 Å². The van der Waals surface area contributed by atoms with Gasteiger partial charge in [-0.3, -0.25) is 9.69 Å². The summed E-state index contributed by atoms with van der Waals surface area (Å²) in [6.45, 7) is 0. The van der Waals surface area contributed by atoms with Crippen LogP contribution >= 0.6 is 24.0 Å². The van der Waals surface area contributed by atoms with E-state index in [1.54, 1.807) is 45.1 Å². The van der Waals surface area contributed by atoms with E-state index < -0.39 is 0 Å². The monoisotopic (exact) mass is 446 g/mol. The van der Waals surface area contributed by atoms with Gasteiger partial charge in [-0.25, -0.2) is 0 Å². The molecule has 30 heavy (non-hydrogen) atoms. The third kappa shape index (κ3) is 3.22. The number of methoxy groups -OCH3 is 4. The van der Waals surface area contributed by atoms with Crippen molar-refractivity contribution in [3.63, 3.8) is 0 Å². The maximum atomic E-state index is 13.2. The standard InChI is InChI=1S/C21H22N2O5S2/c1-25-14-7-5-13(6-8-14)22-19(24)15-11-30-20(23(15)21(22)29)12-9-16(26-2)18(28-4)17(10-12)27-3/h5-10,15,20H,11H2,1-4H3. The van der Waals surface area contributed by atoms with Crippen molar-refractivity contribution in [2.24, 2.45) is 0 Å². The second-order valence-electron chi connectivity index (χ2n) is 6.72. The van der Waals surface area contributed by atoms with Crippen molar-refractivity contribution in [1.82, 2.24) is 4.90 Å². The van der Waals surface area contributed by atoms with E-state index >= 15 is 0 Å². The van der Waals surface area contributed by atoms with Crippen molar-refractivity contribution < 1.29 is 23.7 Å². The Hall–Kier alpha value is -2.65. The van der Waals surface area contributed by atoms with Gasteiger partial charge in [0.2, 0.25) is 5.75 Å². The molecule has 2 heterocycles. The molecule has 2 unspecified atom stereocenters. The zero-order valence-electron chi connectivity index (χ0n) is 17.1. The molecule has 7 nitrogen and oxygen atoms in total. The number of anilines is 1. The number of fused-ring (bicyclic) bond motifs is 1. The number of hydrogen-bond donors (Lipinski definition) is 0.